The highest BCUT2D eigenvalue weighted by atomic mass is 16.6. The predicted octanol–water partition coefficient (Wildman–Crippen LogP) is 3.38. The van der Waals surface area contributed by atoms with E-state index in [4.69, 9.17) is 9.47 Å². The standard InChI is InChI=1S/C21H29NO5/c1-13-7-6-8-14(2)22(13)20(24)16(4)27-21(25)17(5)26-19-11-9-18(10-12-19)15(3)23/h9-14,16-17H,6-8H2,1-5H3/t13-,14-,16-,17-/m1/s1. The Balaban J connectivity index is 1.92. The van der Waals surface area contributed by atoms with Crippen molar-refractivity contribution < 1.29 is 23.9 Å². The van der Waals surface area contributed by atoms with E-state index in [1.54, 1.807) is 38.1 Å². The second-order valence-corrected chi connectivity index (χ2v) is 7.29. The lowest BCUT2D eigenvalue weighted by Crippen LogP contribution is -2.52. The van der Waals surface area contributed by atoms with E-state index < -0.39 is 18.2 Å². The van der Waals surface area contributed by atoms with Gasteiger partial charge in [-0.05, 0) is 78.1 Å². The van der Waals surface area contributed by atoms with Gasteiger partial charge in [-0.1, -0.05) is 0 Å². The largest absolute Gasteiger partial charge is 0.479 e. The Morgan fingerprint density at radius 2 is 1.56 bits per heavy atom. The Morgan fingerprint density at radius 3 is 2.07 bits per heavy atom. The highest BCUT2D eigenvalue weighted by molar-refractivity contribution is 5.94. The molecule has 6 nitrogen and oxygen atoms in total. The molecule has 6 heteroatoms. The SMILES string of the molecule is CC(=O)c1ccc(O[C@H](C)C(=O)O[C@H](C)C(=O)N2[C@H](C)CCC[C@H]2C)cc1. The fourth-order valence-electron chi connectivity index (χ4n) is 3.41. The number of rotatable bonds is 6. The minimum Gasteiger partial charge on any atom is -0.479 e. The summed E-state index contributed by atoms with van der Waals surface area (Å²) in [5.74, 6) is -0.339. The van der Waals surface area contributed by atoms with E-state index in [1.165, 1.54) is 6.92 Å². The molecule has 1 aliphatic rings. The average Bonchev–Trinajstić information content (AvgIpc) is 2.61. The van der Waals surface area contributed by atoms with Crippen molar-refractivity contribution in [2.24, 2.45) is 0 Å². The third-order valence-corrected chi connectivity index (χ3v) is 4.99. The molecule has 0 unspecified atom stereocenters. The summed E-state index contributed by atoms with van der Waals surface area (Å²) in [5, 5.41) is 0. The van der Waals surface area contributed by atoms with E-state index in [0.29, 0.717) is 11.3 Å². The van der Waals surface area contributed by atoms with Gasteiger partial charge in [-0.3, -0.25) is 9.59 Å². The van der Waals surface area contributed by atoms with Crippen LogP contribution in [0.1, 0.15) is 64.2 Å². The van der Waals surface area contributed by atoms with Gasteiger partial charge in [0, 0.05) is 17.6 Å². The number of esters is 1. The number of benzene rings is 1. The minimum absolute atomic E-state index is 0.0393. The van der Waals surface area contributed by atoms with Crippen molar-refractivity contribution in [1.29, 1.82) is 0 Å². The van der Waals surface area contributed by atoms with Crippen molar-refractivity contribution in [3.05, 3.63) is 29.8 Å². The number of ketones is 1. The van der Waals surface area contributed by atoms with Gasteiger partial charge in [0.15, 0.2) is 18.0 Å². The zero-order chi connectivity index (χ0) is 20.1. The second kappa shape index (κ2) is 9.02. The monoisotopic (exact) mass is 375 g/mol. The van der Waals surface area contributed by atoms with Crippen molar-refractivity contribution in [1.82, 2.24) is 4.90 Å². The molecule has 0 radical (unpaired) electrons. The maximum Gasteiger partial charge on any atom is 0.347 e. The van der Waals surface area contributed by atoms with E-state index in [-0.39, 0.29) is 23.8 Å². The van der Waals surface area contributed by atoms with Crippen LogP contribution in [-0.2, 0) is 14.3 Å². The van der Waals surface area contributed by atoms with E-state index in [2.05, 4.69) is 0 Å². The molecule has 1 saturated heterocycles. The molecular formula is C21H29NO5. The molecule has 27 heavy (non-hydrogen) atoms. The molecule has 0 N–H and O–H groups in total. The predicted molar refractivity (Wildman–Crippen MR) is 102 cm³/mol. The number of hydrogen-bond donors (Lipinski definition) is 0. The van der Waals surface area contributed by atoms with Gasteiger partial charge < -0.3 is 14.4 Å². The summed E-state index contributed by atoms with van der Waals surface area (Å²) in [4.78, 5) is 38.1. The number of amides is 1. The highest BCUT2D eigenvalue weighted by Gasteiger charge is 2.34. The molecule has 0 aromatic heterocycles. The average molecular weight is 375 g/mol. The number of ether oxygens (including phenoxy) is 2. The Bertz CT molecular complexity index is 674. The van der Waals surface area contributed by atoms with Crippen LogP contribution >= 0.6 is 0 Å². The van der Waals surface area contributed by atoms with Crippen LogP contribution in [0.25, 0.3) is 0 Å². The molecule has 0 bridgehead atoms. The number of hydrogen-bond acceptors (Lipinski definition) is 5. The molecule has 1 aromatic rings. The summed E-state index contributed by atoms with van der Waals surface area (Å²) in [5.41, 5.74) is 0.571. The first kappa shape index (κ1) is 20.9. The molecule has 0 saturated carbocycles. The van der Waals surface area contributed by atoms with Crippen LogP contribution < -0.4 is 4.74 Å². The molecule has 1 fully saturated rings. The lowest BCUT2D eigenvalue weighted by molar-refractivity contribution is -0.166. The second-order valence-electron chi connectivity index (χ2n) is 7.29. The van der Waals surface area contributed by atoms with Crippen molar-refractivity contribution in [3.63, 3.8) is 0 Å². The molecular weight excluding hydrogens is 346 g/mol. The van der Waals surface area contributed by atoms with Crippen molar-refractivity contribution >= 4 is 17.7 Å². The Labute approximate surface area is 160 Å². The maximum absolute atomic E-state index is 12.7. The lowest BCUT2D eigenvalue weighted by atomic mass is 9.97. The first-order valence-corrected chi connectivity index (χ1v) is 9.51. The zero-order valence-electron chi connectivity index (χ0n) is 16.7. The topological polar surface area (TPSA) is 72.9 Å². The van der Waals surface area contributed by atoms with E-state index in [0.717, 1.165) is 19.3 Å². The van der Waals surface area contributed by atoms with E-state index >= 15 is 0 Å². The van der Waals surface area contributed by atoms with Gasteiger partial charge in [-0.15, -0.1) is 0 Å². The van der Waals surface area contributed by atoms with Crippen LogP contribution in [0.15, 0.2) is 24.3 Å². The Kier molecular flexibility index (Phi) is 6.99. The van der Waals surface area contributed by atoms with Crippen LogP contribution in [-0.4, -0.2) is 46.9 Å². The van der Waals surface area contributed by atoms with E-state index in [1.807, 2.05) is 18.7 Å². The Hall–Kier alpha value is -2.37. The van der Waals surface area contributed by atoms with Gasteiger partial charge in [0.25, 0.3) is 5.91 Å². The number of likely N-dealkylation sites (tertiary alicyclic amines) is 1. The fourth-order valence-corrected chi connectivity index (χ4v) is 3.41. The Morgan fingerprint density at radius 1 is 1.00 bits per heavy atom. The summed E-state index contributed by atoms with van der Waals surface area (Å²) in [6.45, 7) is 8.71. The van der Waals surface area contributed by atoms with Crippen LogP contribution in [0.5, 0.6) is 5.75 Å². The summed E-state index contributed by atoms with van der Waals surface area (Å²) < 4.78 is 10.9. The van der Waals surface area contributed by atoms with Gasteiger partial charge in [0.1, 0.15) is 5.75 Å². The van der Waals surface area contributed by atoms with Crippen LogP contribution in [0.3, 0.4) is 0 Å². The van der Waals surface area contributed by atoms with Crippen molar-refractivity contribution in [2.75, 3.05) is 0 Å². The van der Waals surface area contributed by atoms with Crippen LogP contribution in [0.4, 0.5) is 0 Å². The van der Waals surface area contributed by atoms with Gasteiger partial charge in [-0.25, -0.2) is 4.79 Å². The lowest BCUT2D eigenvalue weighted by Gasteiger charge is -2.40. The third-order valence-electron chi connectivity index (χ3n) is 4.99. The molecule has 1 aliphatic heterocycles. The van der Waals surface area contributed by atoms with Crippen LogP contribution in [0, 0.1) is 0 Å². The highest BCUT2D eigenvalue weighted by Crippen LogP contribution is 2.24. The molecule has 0 spiro atoms. The molecule has 1 amide bonds. The normalized spacial score (nSPS) is 21.9. The van der Waals surface area contributed by atoms with Gasteiger partial charge in [0.05, 0.1) is 0 Å². The van der Waals surface area contributed by atoms with E-state index in [9.17, 15) is 14.4 Å². The first-order valence-electron chi connectivity index (χ1n) is 9.51. The summed E-state index contributed by atoms with van der Waals surface area (Å²) in [6, 6.07) is 6.84. The number of carbonyl (C=O) groups excluding carboxylic acids is 3. The van der Waals surface area contributed by atoms with Gasteiger partial charge in [0.2, 0.25) is 0 Å². The first-order chi connectivity index (χ1) is 12.7. The van der Waals surface area contributed by atoms with Crippen molar-refractivity contribution in [3.8, 4) is 5.75 Å². The number of carbonyl (C=O) groups is 3. The summed E-state index contributed by atoms with van der Waals surface area (Å²) >= 11 is 0. The smallest absolute Gasteiger partial charge is 0.347 e. The zero-order valence-corrected chi connectivity index (χ0v) is 16.7. The molecule has 1 heterocycles. The van der Waals surface area contributed by atoms with Gasteiger partial charge in [-0.2, -0.15) is 0 Å². The summed E-state index contributed by atoms with van der Waals surface area (Å²) in [7, 11) is 0. The number of piperidine rings is 1. The van der Waals surface area contributed by atoms with Crippen molar-refractivity contribution in [2.45, 2.75) is 78.2 Å². The minimum atomic E-state index is -0.861. The quantitative estimate of drug-likeness (QED) is 0.563. The fraction of sp³-hybridized carbons (Fsp3) is 0.571. The molecule has 1 aromatic carbocycles. The summed E-state index contributed by atoms with van der Waals surface area (Å²) in [6.07, 6.45) is 1.32. The number of Topliss-reactive ketones (excluding diaryl/α,β-unsaturated/α-hetero) is 1. The van der Waals surface area contributed by atoms with Gasteiger partial charge >= 0.3 is 5.97 Å². The van der Waals surface area contributed by atoms with Crippen LogP contribution in [0.2, 0.25) is 0 Å². The maximum atomic E-state index is 12.7. The molecule has 0 aliphatic carbocycles. The molecule has 148 valence electrons. The third kappa shape index (κ3) is 5.31. The number of nitrogens with zero attached hydrogens (tertiary/aromatic N) is 1. The molecule has 2 rings (SSSR count). The molecule has 4 atom stereocenters.